The molecular weight excluding hydrogens is 237 g/mol. The fraction of sp³-hybridized carbons (Fsp3) is 0.900. The lowest BCUT2D eigenvalue weighted by Gasteiger charge is -2.25. The molecule has 0 aliphatic heterocycles. The van der Waals surface area contributed by atoms with Gasteiger partial charge in [-0.25, -0.2) is 0 Å². The summed E-state index contributed by atoms with van der Waals surface area (Å²) in [5, 5.41) is 0. The van der Waals surface area contributed by atoms with Gasteiger partial charge in [-0.1, -0.05) is 32.0 Å². The van der Waals surface area contributed by atoms with Crippen LogP contribution in [0.4, 0.5) is 13.2 Å². The molecule has 0 rings (SSSR count). The molecule has 0 saturated carbocycles. The van der Waals surface area contributed by atoms with Gasteiger partial charge in [0, 0.05) is 6.54 Å². The number of hydrogen-bond acceptors (Lipinski definition) is 2. The summed E-state index contributed by atoms with van der Waals surface area (Å²) in [5.41, 5.74) is 5.11. The fourth-order valence-electron chi connectivity index (χ4n) is 1.39. The number of nitrogens with two attached hydrogens (primary N) is 1. The van der Waals surface area contributed by atoms with Crippen LogP contribution in [0.2, 0.25) is 0 Å². The molecule has 0 aliphatic rings. The van der Waals surface area contributed by atoms with Crippen molar-refractivity contribution in [3.8, 4) is 0 Å². The van der Waals surface area contributed by atoms with Crippen LogP contribution in [0.5, 0.6) is 0 Å². The van der Waals surface area contributed by atoms with Crippen molar-refractivity contribution in [2.75, 3.05) is 20.1 Å². The van der Waals surface area contributed by atoms with E-state index in [-0.39, 0.29) is 6.54 Å². The third kappa shape index (κ3) is 6.27. The first kappa shape index (κ1) is 15.6. The van der Waals surface area contributed by atoms with Crippen LogP contribution >= 0.6 is 12.2 Å². The van der Waals surface area contributed by atoms with Crippen LogP contribution in [0.15, 0.2) is 0 Å². The van der Waals surface area contributed by atoms with E-state index >= 15 is 0 Å². The number of nitrogens with zero attached hydrogens (tertiary/aromatic N) is 1. The Morgan fingerprint density at radius 3 is 2.31 bits per heavy atom. The minimum atomic E-state index is -4.34. The quantitative estimate of drug-likeness (QED) is 0.561. The van der Waals surface area contributed by atoms with Crippen molar-refractivity contribution < 1.29 is 13.2 Å². The van der Waals surface area contributed by atoms with Crippen molar-refractivity contribution in [3.63, 3.8) is 0 Å². The summed E-state index contributed by atoms with van der Waals surface area (Å²) in [5.74, 6) is -1.70. The lowest BCUT2D eigenvalue weighted by molar-refractivity contribution is -0.158. The van der Waals surface area contributed by atoms with E-state index in [2.05, 4.69) is 12.2 Å². The average molecular weight is 256 g/mol. The predicted octanol–water partition coefficient (Wildman–Crippen LogP) is 2.57. The van der Waals surface area contributed by atoms with E-state index in [9.17, 15) is 13.2 Å². The lowest BCUT2D eigenvalue weighted by Crippen LogP contribution is -2.42. The highest BCUT2D eigenvalue weighted by atomic mass is 32.1. The minimum Gasteiger partial charge on any atom is -0.393 e. The normalized spacial score (nSPS) is 14.1. The molecule has 2 nitrogen and oxygen atoms in total. The van der Waals surface area contributed by atoms with Gasteiger partial charge in [0.25, 0.3) is 0 Å². The van der Waals surface area contributed by atoms with Gasteiger partial charge in [0.15, 0.2) is 0 Å². The van der Waals surface area contributed by atoms with Gasteiger partial charge in [-0.15, -0.1) is 0 Å². The highest BCUT2D eigenvalue weighted by Gasteiger charge is 2.42. The predicted molar refractivity (Wildman–Crippen MR) is 63.4 cm³/mol. The van der Waals surface area contributed by atoms with Crippen molar-refractivity contribution >= 4 is 17.2 Å². The Morgan fingerprint density at radius 1 is 1.38 bits per heavy atom. The molecule has 0 fully saturated rings. The zero-order valence-corrected chi connectivity index (χ0v) is 10.5. The molecule has 0 aliphatic carbocycles. The first-order valence-corrected chi connectivity index (χ1v) is 5.74. The largest absolute Gasteiger partial charge is 0.399 e. The van der Waals surface area contributed by atoms with Crippen molar-refractivity contribution in [1.82, 2.24) is 4.90 Å². The Balaban J connectivity index is 4.15. The summed E-state index contributed by atoms with van der Waals surface area (Å²) in [6.07, 6.45) is -1.38. The molecule has 16 heavy (non-hydrogen) atoms. The van der Waals surface area contributed by atoms with Crippen molar-refractivity contribution in [2.24, 2.45) is 11.7 Å². The summed E-state index contributed by atoms with van der Waals surface area (Å²) in [7, 11) is 1.66. The zero-order chi connectivity index (χ0) is 12.8. The maximum absolute atomic E-state index is 12.5. The van der Waals surface area contributed by atoms with Crippen LogP contribution in [-0.4, -0.2) is 36.2 Å². The highest BCUT2D eigenvalue weighted by Crippen LogP contribution is 2.27. The Morgan fingerprint density at radius 2 is 1.94 bits per heavy atom. The number of hydrogen-bond donors (Lipinski definition) is 1. The van der Waals surface area contributed by atoms with Crippen molar-refractivity contribution in [2.45, 2.75) is 32.4 Å². The summed E-state index contributed by atoms with van der Waals surface area (Å²) in [6, 6.07) is 0. The van der Waals surface area contributed by atoms with Gasteiger partial charge in [-0.2, -0.15) is 13.2 Å². The molecule has 2 N–H and O–H groups in total. The average Bonchev–Trinajstić information content (AvgIpc) is 2.12. The Hall–Kier alpha value is -0.360. The van der Waals surface area contributed by atoms with Crippen LogP contribution < -0.4 is 5.73 Å². The summed E-state index contributed by atoms with van der Waals surface area (Å²) in [6.45, 7) is 2.54. The second kappa shape index (κ2) is 7.06. The van der Waals surface area contributed by atoms with E-state index in [1.807, 2.05) is 6.92 Å². The van der Waals surface area contributed by atoms with E-state index in [0.717, 1.165) is 19.3 Å². The third-order valence-corrected chi connectivity index (χ3v) is 2.66. The van der Waals surface area contributed by atoms with Crippen LogP contribution in [0.25, 0.3) is 0 Å². The molecule has 1 unspecified atom stereocenters. The zero-order valence-electron chi connectivity index (χ0n) is 9.68. The lowest BCUT2D eigenvalue weighted by atomic mass is 10.1. The minimum absolute atomic E-state index is 0.150. The topological polar surface area (TPSA) is 29.3 Å². The highest BCUT2D eigenvalue weighted by molar-refractivity contribution is 7.80. The molecule has 0 spiro atoms. The van der Waals surface area contributed by atoms with Crippen LogP contribution in [-0.2, 0) is 0 Å². The molecule has 1 atom stereocenters. The van der Waals surface area contributed by atoms with E-state index in [1.165, 1.54) is 0 Å². The van der Waals surface area contributed by atoms with Gasteiger partial charge in [0.1, 0.15) is 5.92 Å². The number of thiocarbonyl (C=S) groups is 1. The maximum Gasteiger partial charge on any atom is 0.399 e. The monoisotopic (exact) mass is 256 g/mol. The second-order valence-corrected chi connectivity index (χ2v) is 4.44. The van der Waals surface area contributed by atoms with Crippen LogP contribution in [0.1, 0.15) is 26.2 Å². The number of unbranched alkanes of at least 4 members (excludes halogenated alkanes) is 2. The van der Waals surface area contributed by atoms with Gasteiger partial charge >= 0.3 is 6.18 Å². The first-order valence-electron chi connectivity index (χ1n) is 5.33. The molecule has 0 radical (unpaired) electrons. The molecule has 0 saturated heterocycles. The van der Waals surface area contributed by atoms with Crippen LogP contribution in [0, 0.1) is 5.92 Å². The van der Waals surface area contributed by atoms with Crippen LogP contribution in [0.3, 0.4) is 0 Å². The van der Waals surface area contributed by atoms with Gasteiger partial charge < -0.3 is 10.6 Å². The second-order valence-electron chi connectivity index (χ2n) is 3.97. The summed E-state index contributed by atoms with van der Waals surface area (Å²) in [4.78, 5) is 1.15. The molecule has 0 amide bonds. The summed E-state index contributed by atoms with van der Waals surface area (Å²) < 4.78 is 37.6. The molecular formula is C10H19F3N2S. The van der Waals surface area contributed by atoms with E-state index in [4.69, 9.17) is 5.73 Å². The van der Waals surface area contributed by atoms with Gasteiger partial charge in [0.05, 0.1) is 4.99 Å². The molecule has 0 heterocycles. The first-order chi connectivity index (χ1) is 7.29. The Kier molecular flexibility index (Phi) is 6.90. The van der Waals surface area contributed by atoms with Gasteiger partial charge in [-0.3, -0.25) is 0 Å². The number of rotatable bonds is 7. The van der Waals surface area contributed by atoms with E-state index in [1.54, 1.807) is 11.9 Å². The molecule has 6 heteroatoms. The third-order valence-electron chi connectivity index (χ3n) is 2.38. The molecule has 96 valence electrons. The van der Waals surface area contributed by atoms with E-state index < -0.39 is 17.1 Å². The standard InChI is InChI=1S/C10H19F3N2S/c1-3-4-5-6-15(2)7-8(9(14)16)10(11,12)13/h8H,3-7H2,1-2H3,(H2,14,16). The van der Waals surface area contributed by atoms with Crippen molar-refractivity contribution in [3.05, 3.63) is 0 Å². The number of alkyl halides is 3. The number of halogens is 3. The van der Waals surface area contributed by atoms with Gasteiger partial charge in [-0.05, 0) is 20.0 Å². The summed E-state index contributed by atoms with van der Waals surface area (Å²) >= 11 is 4.45. The Labute approximate surface area is 100.0 Å². The Bertz CT molecular complexity index is 219. The van der Waals surface area contributed by atoms with Gasteiger partial charge in [0.2, 0.25) is 0 Å². The molecule has 0 aromatic carbocycles. The SMILES string of the molecule is CCCCCN(C)CC(C(N)=S)C(F)(F)F. The molecule has 0 aromatic heterocycles. The fourth-order valence-corrected chi connectivity index (χ4v) is 1.60. The smallest absolute Gasteiger partial charge is 0.393 e. The maximum atomic E-state index is 12.5. The molecule has 0 aromatic rings. The van der Waals surface area contributed by atoms with Crippen molar-refractivity contribution in [1.29, 1.82) is 0 Å². The molecule has 0 bridgehead atoms. The van der Waals surface area contributed by atoms with E-state index in [0.29, 0.717) is 6.54 Å².